The van der Waals surface area contributed by atoms with E-state index in [0.717, 1.165) is 53.7 Å². The van der Waals surface area contributed by atoms with E-state index >= 15 is 0 Å². The minimum absolute atomic E-state index is 0.0519. The number of benzene rings is 3. The Kier molecular flexibility index (Phi) is 5.09. The Morgan fingerprint density at radius 1 is 1.00 bits per heavy atom. The van der Waals surface area contributed by atoms with Crippen molar-refractivity contribution in [3.05, 3.63) is 101 Å². The summed E-state index contributed by atoms with van der Waals surface area (Å²) >= 11 is 0. The highest BCUT2D eigenvalue weighted by Crippen LogP contribution is 2.69. The van der Waals surface area contributed by atoms with Crippen LogP contribution in [0.25, 0.3) is 0 Å². The quantitative estimate of drug-likeness (QED) is 0.541. The van der Waals surface area contributed by atoms with Gasteiger partial charge in [0, 0.05) is 35.8 Å². The van der Waals surface area contributed by atoms with Crippen molar-refractivity contribution in [2.45, 2.75) is 49.5 Å². The molecule has 5 atom stereocenters. The summed E-state index contributed by atoms with van der Waals surface area (Å²) in [4.78, 5) is 27.4. The van der Waals surface area contributed by atoms with Crippen LogP contribution >= 0.6 is 0 Å². The summed E-state index contributed by atoms with van der Waals surface area (Å²) in [5.74, 6) is -0.384. The Bertz CT molecular complexity index is 1400. The maximum absolute atomic E-state index is 14.2. The molecule has 2 N–H and O–H groups in total. The molecule has 0 amide bonds. The highest BCUT2D eigenvalue weighted by Gasteiger charge is 2.72. The van der Waals surface area contributed by atoms with E-state index in [9.17, 15) is 14.7 Å². The number of carbonyl (C=O) groups is 2. The first-order valence-corrected chi connectivity index (χ1v) is 13.5. The number of carboxylic acid groups (broad SMARTS) is 1. The van der Waals surface area contributed by atoms with Crippen LogP contribution in [0.3, 0.4) is 0 Å². The van der Waals surface area contributed by atoms with Gasteiger partial charge >= 0.3 is 5.97 Å². The highest BCUT2D eigenvalue weighted by atomic mass is 16.5. The number of rotatable bonds is 5. The first kappa shape index (κ1) is 22.7. The fraction of sp³-hybridized carbons (Fsp3) is 0.375. The molecule has 5 nitrogen and oxygen atoms in total. The van der Waals surface area contributed by atoms with E-state index in [1.807, 2.05) is 36.4 Å². The number of Topliss-reactive ketones (excluding diaryl/α,β-unsaturated/α-hetero) is 1. The number of ether oxygens (including phenoxy) is 1. The SMILES string of the molecule is O=C(Cc1cccc2c1OCCC2)C1NCC2(C(=O)O)C3CCC(c4ccccc4)(c4ccccc43)C12. The van der Waals surface area contributed by atoms with Gasteiger partial charge in [-0.3, -0.25) is 9.59 Å². The van der Waals surface area contributed by atoms with Crippen molar-refractivity contribution in [2.75, 3.05) is 13.2 Å². The average Bonchev–Trinajstić information content (AvgIpc) is 3.38. The lowest BCUT2D eigenvalue weighted by Gasteiger charge is -2.60. The van der Waals surface area contributed by atoms with E-state index in [1.54, 1.807) is 0 Å². The van der Waals surface area contributed by atoms with Gasteiger partial charge in [-0.2, -0.15) is 0 Å². The molecule has 1 saturated carbocycles. The fourth-order valence-corrected chi connectivity index (χ4v) is 8.36. The minimum atomic E-state index is -1.03. The molecule has 3 aromatic rings. The zero-order valence-electron chi connectivity index (χ0n) is 20.8. The van der Waals surface area contributed by atoms with Gasteiger partial charge in [-0.25, -0.2) is 0 Å². The van der Waals surface area contributed by atoms with Gasteiger partial charge in [0.2, 0.25) is 0 Å². The van der Waals surface area contributed by atoms with Gasteiger partial charge in [0.25, 0.3) is 0 Å². The lowest BCUT2D eigenvalue weighted by atomic mass is 9.41. The van der Waals surface area contributed by atoms with Crippen LogP contribution in [0.2, 0.25) is 0 Å². The third-order valence-electron chi connectivity index (χ3n) is 9.71. The number of para-hydroxylation sites is 1. The number of aryl methyl sites for hydroxylation is 1. The molecule has 188 valence electrons. The molecule has 5 heteroatoms. The maximum atomic E-state index is 14.2. The molecule has 5 unspecified atom stereocenters. The van der Waals surface area contributed by atoms with E-state index in [4.69, 9.17) is 4.74 Å². The van der Waals surface area contributed by atoms with Gasteiger partial charge in [0.1, 0.15) is 5.75 Å². The van der Waals surface area contributed by atoms with Crippen LogP contribution in [0, 0.1) is 11.3 Å². The predicted molar refractivity (Wildman–Crippen MR) is 140 cm³/mol. The molecule has 0 radical (unpaired) electrons. The van der Waals surface area contributed by atoms with Crippen molar-refractivity contribution in [3.63, 3.8) is 0 Å². The number of ketones is 1. The van der Waals surface area contributed by atoms with Crippen LogP contribution in [-0.4, -0.2) is 36.1 Å². The zero-order valence-corrected chi connectivity index (χ0v) is 20.8. The summed E-state index contributed by atoms with van der Waals surface area (Å²) < 4.78 is 6.00. The Hall–Kier alpha value is -3.44. The number of nitrogens with one attached hydrogen (secondary N) is 1. The standard InChI is InChI=1S/C32H31NO4/c34-26(18-21-9-6-8-20-10-7-17-37-28(20)21)27-29-31(22-11-2-1-3-12-22)16-15-25(23-13-4-5-14-24(23)31)32(29,19-33-27)30(35)36/h1-6,8-9,11-14,25,27,29,33H,7,10,15-19H2,(H,35,36). The smallest absolute Gasteiger partial charge is 0.311 e. The van der Waals surface area contributed by atoms with Crippen molar-refractivity contribution in [2.24, 2.45) is 11.3 Å². The van der Waals surface area contributed by atoms with Crippen molar-refractivity contribution < 1.29 is 19.4 Å². The van der Waals surface area contributed by atoms with E-state index in [2.05, 4.69) is 41.7 Å². The number of hydrogen-bond acceptors (Lipinski definition) is 4. The first-order valence-electron chi connectivity index (χ1n) is 13.5. The van der Waals surface area contributed by atoms with Gasteiger partial charge in [0.15, 0.2) is 5.78 Å². The first-order chi connectivity index (χ1) is 18.1. The second kappa shape index (κ2) is 8.29. The molecule has 2 fully saturated rings. The summed E-state index contributed by atoms with van der Waals surface area (Å²) in [6, 6.07) is 24.2. The molecule has 0 aromatic heterocycles. The summed E-state index contributed by atoms with van der Waals surface area (Å²) in [7, 11) is 0. The molecule has 2 bridgehead atoms. The normalized spacial score (nSPS) is 31.1. The number of aliphatic carboxylic acids is 1. The molecule has 3 aromatic carbocycles. The molecule has 2 aliphatic heterocycles. The van der Waals surface area contributed by atoms with E-state index in [0.29, 0.717) is 13.2 Å². The topological polar surface area (TPSA) is 75.6 Å². The summed E-state index contributed by atoms with van der Waals surface area (Å²) in [5, 5.41) is 14.4. The predicted octanol–water partition coefficient (Wildman–Crippen LogP) is 4.66. The molecule has 5 aliphatic rings. The van der Waals surface area contributed by atoms with E-state index < -0.39 is 22.8 Å². The van der Waals surface area contributed by atoms with Crippen LogP contribution in [0.15, 0.2) is 72.8 Å². The zero-order chi connectivity index (χ0) is 25.2. The highest BCUT2D eigenvalue weighted by molar-refractivity contribution is 5.91. The van der Waals surface area contributed by atoms with E-state index in [1.165, 1.54) is 5.56 Å². The Morgan fingerprint density at radius 3 is 2.65 bits per heavy atom. The summed E-state index contributed by atoms with van der Waals surface area (Å²) in [6.45, 7) is 0.973. The van der Waals surface area contributed by atoms with Gasteiger partial charge in [-0.05, 0) is 47.9 Å². The van der Waals surface area contributed by atoms with E-state index in [-0.39, 0.29) is 24.0 Å². The van der Waals surface area contributed by atoms with Gasteiger partial charge in [-0.15, -0.1) is 0 Å². The second-order valence-corrected chi connectivity index (χ2v) is 11.2. The molecule has 37 heavy (non-hydrogen) atoms. The molecule has 1 saturated heterocycles. The van der Waals surface area contributed by atoms with Gasteiger partial charge in [0.05, 0.1) is 18.1 Å². The van der Waals surface area contributed by atoms with Crippen LogP contribution in [0.1, 0.15) is 53.0 Å². The molecule has 8 rings (SSSR count). The lowest BCUT2D eigenvalue weighted by molar-refractivity contribution is -0.158. The minimum Gasteiger partial charge on any atom is -0.493 e. The lowest BCUT2D eigenvalue weighted by Crippen LogP contribution is -2.62. The number of fused-ring (bicyclic) bond motifs is 2. The van der Waals surface area contributed by atoms with Crippen LogP contribution < -0.4 is 10.1 Å². The number of carbonyl (C=O) groups excluding carboxylic acids is 1. The largest absolute Gasteiger partial charge is 0.493 e. The van der Waals surface area contributed by atoms with Crippen LogP contribution in [0.5, 0.6) is 5.75 Å². The van der Waals surface area contributed by atoms with Crippen molar-refractivity contribution in [1.29, 1.82) is 0 Å². The Morgan fingerprint density at radius 2 is 1.81 bits per heavy atom. The van der Waals surface area contributed by atoms with Crippen molar-refractivity contribution in [1.82, 2.24) is 5.32 Å². The summed E-state index contributed by atoms with van der Waals surface area (Å²) in [5.41, 5.74) is 3.93. The summed E-state index contributed by atoms with van der Waals surface area (Å²) in [6.07, 6.45) is 3.83. The Labute approximate surface area is 216 Å². The molecular weight excluding hydrogens is 462 g/mol. The average molecular weight is 494 g/mol. The number of hydrogen-bond donors (Lipinski definition) is 2. The monoisotopic (exact) mass is 493 g/mol. The number of carboxylic acids is 1. The maximum Gasteiger partial charge on any atom is 0.311 e. The third-order valence-corrected chi connectivity index (χ3v) is 9.71. The molecule has 2 heterocycles. The molecular formula is C32H31NO4. The Balaban J connectivity index is 1.38. The third kappa shape index (κ3) is 3.01. The molecule has 0 spiro atoms. The van der Waals surface area contributed by atoms with Gasteiger partial charge < -0.3 is 15.2 Å². The van der Waals surface area contributed by atoms with Crippen LogP contribution in [0.4, 0.5) is 0 Å². The van der Waals surface area contributed by atoms with Crippen LogP contribution in [-0.2, 0) is 27.8 Å². The van der Waals surface area contributed by atoms with Gasteiger partial charge in [-0.1, -0.05) is 72.8 Å². The fourth-order valence-electron chi connectivity index (χ4n) is 8.36. The van der Waals surface area contributed by atoms with Crippen molar-refractivity contribution in [3.8, 4) is 5.75 Å². The molecule has 3 aliphatic carbocycles. The second-order valence-electron chi connectivity index (χ2n) is 11.2. The van der Waals surface area contributed by atoms with Crippen molar-refractivity contribution >= 4 is 11.8 Å².